The van der Waals surface area contributed by atoms with Crippen molar-refractivity contribution in [2.75, 3.05) is 0 Å². The first-order chi connectivity index (χ1) is 9.70. The van der Waals surface area contributed by atoms with E-state index in [1.165, 1.54) is 36.9 Å². The molecule has 3 nitrogen and oxygen atoms in total. The lowest BCUT2D eigenvalue weighted by molar-refractivity contribution is 0.0699. The van der Waals surface area contributed by atoms with Crippen LogP contribution in [-0.4, -0.2) is 16.1 Å². The van der Waals surface area contributed by atoms with Crippen molar-refractivity contribution in [3.8, 4) is 0 Å². The molecule has 0 radical (unpaired) electrons. The van der Waals surface area contributed by atoms with E-state index in [2.05, 4.69) is 11.9 Å². The second-order valence-electron chi connectivity index (χ2n) is 5.89. The molecule has 0 aliphatic heterocycles. The molecule has 2 N–H and O–H groups in total. The fourth-order valence-electron chi connectivity index (χ4n) is 3.45. The maximum Gasteiger partial charge on any atom is 0.337 e. The van der Waals surface area contributed by atoms with Crippen LogP contribution in [0.3, 0.4) is 0 Å². The molecule has 20 heavy (non-hydrogen) atoms. The number of hydrogen-bond donors (Lipinski definition) is 2. The summed E-state index contributed by atoms with van der Waals surface area (Å²) in [5, 5.41) is 10.4. The molecule has 0 bridgehead atoms. The molecule has 0 amide bonds. The number of aromatic nitrogens is 1. The highest BCUT2D eigenvalue weighted by molar-refractivity contribution is 6.03. The van der Waals surface area contributed by atoms with Gasteiger partial charge in [-0.3, -0.25) is 0 Å². The van der Waals surface area contributed by atoms with Crippen LogP contribution in [0.4, 0.5) is 0 Å². The predicted molar refractivity (Wildman–Crippen MR) is 80.3 cm³/mol. The molecule has 1 unspecified atom stereocenters. The minimum Gasteiger partial charge on any atom is -0.478 e. The molecule has 1 aliphatic carbocycles. The van der Waals surface area contributed by atoms with E-state index in [9.17, 15) is 9.90 Å². The summed E-state index contributed by atoms with van der Waals surface area (Å²) in [6.45, 7) is 2.23. The molecule has 0 saturated heterocycles. The number of carboxylic acid groups (broad SMARTS) is 1. The quantitative estimate of drug-likeness (QED) is 0.802. The van der Waals surface area contributed by atoms with Gasteiger partial charge in [-0.05, 0) is 36.8 Å². The molecular formula is C17H21NO2. The zero-order valence-corrected chi connectivity index (χ0v) is 11.9. The Hall–Kier alpha value is -1.77. The van der Waals surface area contributed by atoms with Gasteiger partial charge >= 0.3 is 5.97 Å². The summed E-state index contributed by atoms with van der Waals surface area (Å²) in [5.74, 6) is -0.115. The standard InChI is InChI=1S/C17H21NO2/c1-2-3-4-6-11-9-14-12-7-5-8-13(17(19)20)16(12)18-15(14)10-11/h5,7-8,11,18H,2-4,6,9-10H2,1H3,(H,19,20). The second kappa shape index (κ2) is 5.31. The Balaban J connectivity index is 1.86. The number of nitrogens with one attached hydrogen (secondary N) is 1. The van der Waals surface area contributed by atoms with Gasteiger partial charge in [0, 0.05) is 11.1 Å². The van der Waals surface area contributed by atoms with Crippen LogP contribution in [0.2, 0.25) is 0 Å². The normalized spacial score (nSPS) is 17.6. The zero-order chi connectivity index (χ0) is 14.1. The van der Waals surface area contributed by atoms with Gasteiger partial charge in [0.25, 0.3) is 0 Å². The largest absolute Gasteiger partial charge is 0.478 e. The van der Waals surface area contributed by atoms with Crippen molar-refractivity contribution in [1.82, 2.24) is 4.98 Å². The lowest BCUT2D eigenvalue weighted by atomic mass is 9.97. The Labute approximate surface area is 119 Å². The maximum absolute atomic E-state index is 11.3. The monoisotopic (exact) mass is 271 g/mol. The third kappa shape index (κ3) is 2.21. The number of carboxylic acids is 1. The van der Waals surface area contributed by atoms with Gasteiger partial charge in [-0.25, -0.2) is 4.79 Å². The van der Waals surface area contributed by atoms with E-state index in [-0.39, 0.29) is 0 Å². The second-order valence-corrected chi connectivity index (χ2v) is 5.89. The Kier molecular flexibility index (Phi) is 3.51. The average molecular weight is 271 g/mol. The van der Waals surface area contributed by atoms with Crippen molar-refractivity contribution in [2.24, 2.45) is 5.92 Å². The van der Waals surface area contributed by atoms with Gasteiger partial charge in [-0.15, -0.1) is 0 Å². The molecule has 1 heterocycles. The van der Waals surface area contributed by atoms with Gasteiger partial charge in [0.15, 0.2) is 0 Å². The minimum atomic E-state index is -0.852. The molecule has 3 heteroatoms. The van der Waals surface area contributed by atoms with E-state index in [0.29, 0.717) is 5.56 Å². The third-order valence-electron chi connectivity index (χ3n) is 4.46. The van der Waals surface area contributed by atoms with E-state index >= 15 is 0 Å². The Morgan fingerprint density at radius 1 is 1.35 bits per heavy atom. The highest BCUT2D eigenvalue weighted by Gasteiger charge is 2.26. The summed E-state index contributed by atoms with van der Waals surface area (Å²) >= 11 is 0. The number of fused-ring (bicyclic) bond motifs is 3. The van der Waals surface area contributed by atoms with E-state index in [1.54, 1.807) is 6.07 Å². The van der Waals surface area contributed by atoms with E-state index < -0.39 is 5.97 Å². The molecule has 2 aromatic rings. The number of unbranched alkanes of at least 4 members (excludes halogenated alkanes) is 2. The van der Waals surface area contributed by atoms with Crippen LogP contribution < -0.4 is 0 Å². The molecule has 3 rings (SSSR count). The summed E-state index contributed by atoms with van der Waals surface area (Å²) in [4.78, 5) is 14.6. The smallest absolute Gasteiger partial charge is 0.337 e. The molecule has 1 aliphatic rings. The highest BCUT2D eigenvalue weighted by Crippen LogP contribution is 2.36. The van der Waals surface area contributed by atoms with Crippen molar-refractivity contribution >= 4 is 16.9 Å². The first-order valence-corrected chi connectivity index (χ1v) is 7.56. The fraction of sp³-hybridized carbons (Fsp3) is 0.471. The van der Waals surface area contributed by atoms with Crippen molar-refractivity contribution in [1.29, 1.82) is 0 Å². The maximum atomic E-state index is 11.3. The molecule has 1 aromatic heterocycles. The van der Waals surface area contributed by atoms with Crippen LogP contribution >= 0.6 is 0 Å². The van der Waals surface area contributed by atoms with Gasteiger partial charge in [0.1, 0.15) is 0 Å². The fourth-order valence-corrected chi connectivity index (χ4v) is 3.45. The van der Waals surface area contributed by atoms with Crippen molar-refractivity contribution in [3.63, 3.8) is 0 Å². The number of H-pyrrole nitrogens is 1. The van der Waals surface area contributed by atoms with E-state index in [1.807, 2.05) is 12.1 Å². The van der Waals surface area contributed by atoms with Crippen LogP contribution in [0.15, 0.2) is 18.2 Å². The summed E-state index contributed by atoms with van der Waals surface area (Å²) in [6.07, 6.45) is 7.35. The van der Waals surface area contributed by atoms with Gasteiger partial charge < -0.3 is 10.1 Å². The van der Waals surface area contributed by atoms with Crippen LogP contribution in [0, 0.1) is 5.92 Å². The molecule has 1 atom stereocenters. The summed E-state index contributed by atoms with van der Waals surface area (Å²) in [7, 11) is 0. The predicted octanol–water partition coefficient (Wildman–Crippen LogP) is 4.16. The van der Waals surface area contributed by atoms with Crippen LogP contribution in [0.1, 0.15) is 54.2 Å². The number of rotatable bonds is 5. The van der Waals surface area contributed by atoms with Gasteiger partial charge in [-0.1, -0.05) is 38.3 Å². The topological polar surface area (TPSA) is 53.1 Å². The summed E-state index contributed by atoms with van der Waals surface area (Å²) in [5.41, 5.74) is 3.80. The van der Waals surface area contributed by atoms with Crippen molar-refractivity contribution in [3.05, 3.63) is 35.0 Å². The molecule has 0 spiro atoms. The van der Waals surface area contributed by atoms with Crippen molar-refractivity contribution < 1.29 is 9.90 Å². The molecule has 1 aromatic carbocycles. The summed E-state index contributed by atoms with van der Waals surface area (Å²) in [6, 6.07) is 5.57. The van der Waals surface area contributed by atoms with Gasteiger partial charge in [0.05, 0.1) is 11.1 Å². The number of aromatic amines is 1. The first-order valence-electron chi connectivity index (χ1n) is 7.56. The average Bonchev–Trinajstić information content (AvgIpc) is 2.95. The van der Waals surface area contributed by atoms with Gasteiger partial charge in [0.2, 0.25) is 0 Å². The van der Waals surface area contributed by atoms with Crippen LogP contribution in [-0.2, 0) is 12.8 Å². The molecule has 106 valence electrons. The zero-order valence-electron chi connectivity index (χ0n) is 11.9. The number of aromatic carboxylic acids is 1. The van der Waals surface area contributed by atoms with Gasteiger partial charge in [-0.2, -0.15) is 0 Å². The molecular weight excluding hydrogens is 250 g/mol. The van der Waals surface area contributed by atoms with Crippen LogP contribution in [0.25, 0.3) is 10.9 Å². The first kappa shape index (κ1) is 13.2. The van der Waals surface area contributed by atoms with Crippen LogP contribution in [0.5, 0.6) is 0 Å². The lowest BCUT2D eigenvalue weighted by Crippen LogP contribution is -2.01. The lowest BCUT2D eigenvalue weighted by Gasteiger charge is -2.08. The third-order valence-corrected chi connectivity index (χ3v) is 4.46. The summed E-state index contributed by atoms with van der Waals surface area (Å²) < 4.78 is 0. The van der Waals surface area contributed by atoms with E-state index in [4.69, 9.17) is 0 Å². The Morgan fingerprint density at radius 2 is 2.20 bits per heavy atom. The number of para-hydroxylation sites is 1. The number of benzene rings is 1. The number of carbonyl (C=O) groups is 1. The SMILES string of the molecule is CCCCCC1Cc2[nH]c3c(C(=O)O)cccc3c2C1. The molecule has 0 fully saturated rings. The minimum absolute atomic E-state index is 0.388. The highest BCUT2D eigenvalue weighted by atomic mass is 16.4. The molecule has 0 saturated carbocycles. The Bertz CT molecular complexity index is 642. The van der Waals surface area contributed by atoms with E-state index in [0.717, 1.165) is 29.7 Å². The van der Waals surface area contributed by atoms with Crippen molar-refractivity contribution in [2.45, 2.75) is 45.4 Å². The number of hydrogen-bond acceptors (Lipinski definition) is 1. The Morgan fingerprint density at radius 3 is 2.95 bits per heavy atom.